The molecular weight excluding hydrogens is 272 g/mol. The zero-order valence-electron chi connectivity index (χ0n) is 13.5. The SMILES string of the molecule is CN(C[C@H](CC1CCCC1)NC(=O)OC(C)(C)C)C(=O)O. The number of hydrogen-bond donors (Lipinski definition) is 2. The number of alkyl carbamates (subject to hydrolysis) is 1. The maximum atomic E-state index is 11.9. The molecule has 0 bridgehead atoms. The van der Waals surface area contributed by atoms with Gasteiger partial charge in [-0.25, -0.2) is 9.59 Å². The van der Waals surface area contributed by atoms with Gasteiger partial charge in [0, 0.05) is 13.6 Å². The molecule has 0 heterocycles. The number of amides is 2. The number of carboxylic acid groups (broad SMARTS) is 1. The van der Waals surface area contributed by atoms with Crippen LogP contribution < -0.4 is 5.32 Å². The maximum absolute atomic E-state index is 11.9. The summed E-state index contributed by atoms with van der Waals surface area (Å²) < 4.78 is 5.26. The summed E-state index contributed by atoms with van der Waals surface area (Å²) in [6.07, 6.45) is 4.09. The normalized spacial score (nSPS) is 17.3. The van der Waals surface area contributed by atoms with Crippen molar-refractivity contribution in [1.29, 1.82) is 0 Å². The van der Waals surface area contributed by atoms with Gasteiger partial charge in [0.1, 0.15) is 5.60 Å². The second-order valence-corrected chi connectivity index (χ2v) is 6.89. The zero-order valence-corrected chi connectivity index (χ0v) is 13.5. The fourth-order valence-corrected chi connectivity index (χ4v) is 2.71. The number of carbonyl (C=O) groups excluding carboxylic acids is 1. The molecule has 6 heteroatoms. The molecule has 1 fully saturated rings. The Morgan fingerprint density at radius 3 is 2.38 bits per heavy atom. The van der Waals surface area contributed by atoms with E-state index in [4.69, 9.17) is 9.84 Å². The first-order valence-electron chi connectivity index (χ1n) is 7.61. The van der Waals surface area contributed by atoms with Crippen LogP contribution in [0.25, 0.3) is 0 Å². The molecule has 21 heavy (non-hydrogen) atoms. The van der Waals surface area contributed by atoms with E-state index in [-0.39, 0.29) is 12.6 Å². The van der Waals surface area contributed by atoms with Crippen LogP contribution in [-0.2, 0) is 4.74 Å². The molecule has 1 saturated carbocycles. The molecule has 0 spiro atoms. The van der Waals surface area contributed by atoms with Crippen molar-refractivity contribution in [3.63, 3.8) is 0 Å². The molecule has 0 radical (unpaired) electrons. The van der Waals surface area contributed by atoms with E-state index in [1.54, 1.807) is 0 Å². The van der Waals surface area contributed by atoms with Crippen molar-refractivity contribution in [2.24, 2.45) is 5.92 Å². The highest BCUT2D eigenvalue weighted by Gasteiger charge is 2.25. The third-order valence-electron chi connectivity index (χ3n) is 3.63. The molecule has 1 rings (SSSR count). The number of ether oxygens (including phenoxy) is 1. The highest BCUT2D eigenvalue weighted by Crippen LogP contribution is 2.28. The van der Waals surface area contributed by atoms with E-state index in [0.717, 1.165) is 19.3 Å². The lowest BCUT2D eigenvalue weighted by Gasteiger charge is -2.27. The van der Waals surface area contributed by atoms with Gasteiger partial charge in [0.05, 0.1) is 6.04 Å². The minimum absolute atomic E-state index is 0.205. The summed E-state index contributed by atoms with van der Waals surface area (Å²) >= 11 is 0. The largest absolute Gasteiger partial charge is 0.465 e. The molecule has 6 nitrogen and oxygen atoms in total. The molecule has 0 aromatic carbocycles. The van der Waals surface area contributed by atoms with E-state index in [1.807, 2.05) is 20.8 Å². The Kier molecular flexibility index (Phi) is 6.30. The molecule has 2 N–H and O–H groups in total. The second-order valence-electron chi connectivity index (χ2n) is 6.89. The van der Waals surface area contributed by atoms with Crippen LogP contribution in [0.5, 0.6) is 0 Å². The van der Waals surface area contributed by atoms with Crippen LogP contribution in [0.4, 0.5) is 9.59 Å². The van der Waals surface area contributed by atoms with E-state index in [2.05, 4.69) is 5.32 Å². The molecule has 1 atom stereocenters. The van der Waals surface area contributed by atoms with E-state index in [0.29, 0.717) is 5.92 Å². The standard InChI is InChI=1S/C15H28N2O4/c1-15(2,3)21-13(18)16-12(10-17(4)14(19)20)9-11-7-5-6-8-11/h11-12H,5-10H2,1-4H3,(H,16,18)(H,19,20)/t12-/m0/s1. The first-order valence-corrected chi connectivity index (χ1v) is 7.61. The van der Waals surface area contributed by atoms with Gasteiger partial charge in [-0.2, -0.15) is 0 Å². The molecule has 1 aliphatic carbocycles. The van der Waals surface area contributed by atoms with E-state index >= 15 is 0 Å². The number of likely N-dealkylation sites (N-methyl/N-ethyl adjacent to an activating group) is 1. The molecule has 0 unspecified atom stereocenters. The van der Waals surface area contributed by atoms with Crippen molar-refractivity contribution < 1.29 is 19.4 Å². The molecule has 0 aliphatic heterocycles. The Balaban J connectivity index is 2.57. The van der Waals surface area contributed by atoms with Gasteiger partial charge in [0.15, 0.2) is 0 Å². The Morgan fingerprint density at radius 1 is 1.33 bits per heavy atom. The predicted molar refractivity (Wildman–Crippen MR) is 80.4 cm³/mol. The third-order valence-corrected chi connectivity index (χ3v) is 3.63. The molecule has 0 aromatic rings. The van der Waals surface area contributed by atoms with Crippen LogP contribution in [0.3, 0.4) is 0 Å². The summed E-state index contributed by atoms with van der Waals surface area (Å²) in [5.74, 6) is 0.562. The number of nitrogens with one attached hydrogen (secondary N) is 1. The van der Waals surface area contributed by atoms with Crippen LogP contribution in [0.15, 0.2) is 0 Å². The minimum atomic E-state index is -0.989. The summed E-state index contributed by atoms with van der Waals surface area (Å²) in [4.78, 5) is 24.1. The molecular formula is C15H28N2O4. The maximum Gasteiger partial charge on any atom is 0.407 e. The third kappa shape index (κ3) is 7.20. The summed E-state index contributed by atoms with van der Waals surface area (Å²) in [5, 5.41) is 11.8. The summed E-state index contributed by atoms with van der Waals surface area (Å²) in [6.45, 7) is 5.71. The van der Waals surface area contributed by atoms with Gasteiger partial charge >= 0.3 is 12.2 Å². The average molecular weight is 300 g/mol. The Bertz CT molecular complexity index is 359. The number of carbonyl (C=O) groups is 2. The molecule has 1 aliphatic rings. The van der Waals surface area contributed by atoms with E-state index in [1.165, 1.54) is 24.8 Å². The van der Waals surface area contributed by atoms with Crippen molar-refractivity contribution in [3.05, 3.63) is 0 Å². The lowest BCUT2D eigenvalue weighted by Crippen LogP contribution is -2.46. The molecule has 0 aromatic heterocycles. The summed E-state index contributed by atoms with van der Waals surface area (Å²) in [7, 11) is 1.51. The number of nitrogens with zero attached hydrogens (tertiary/aromatic N) is 1. The Hall–Kier alpha value is -1.46. The Labute approximate surface area is 126 Å². The van der Waals surface area contributed by atoms with Gasteiger partial charge in [0.2, 0.25) is 0 Å². The van der Waals surface area contributed by atoms with Gasteiger partial charge < -0.3 is 20.1 Å². The summed E-state index contributed by atoms with van der Waals surface area (Å²) in [5.41, 5.74) is -0.555. The fraction of sp³-hybridized carbons (Fsp3) is 0.867. The lowest BCUT2D eigenvalue weighted by atomic mass is 9.98. The number of rotatable bonds is 5. The smallest absolute Gasteiger partial charge is 0.407 e. The highest BCUT2D eigenvalue weighted by atomic mass is 16.6. The highest BCUT2D eigenvalue weighted by molar-refractivity contribution is 5.68. The van der Waals surface area contributed by atoms with Gasteiger partial charge in [0.25, 0.3) is 0 Å². The first-order chi connectivity index (χ1) is 9.67. The van der Waals surface area contributed by atoms with Gasteiger partial charge in [-0.05, 0) is 33.1 Å². The zero-order chi connectivity index (χ0) is 16.0. The molecule has 2 amide bonds. The van der Waals surface area contributed by atoms with E-state index in [9.17, 15) is 9.59 Å². The molecule has 122 valence electrons. The van der Waals surface area contributed by atoms with Crippen molar-refractivity contribution in [2.45, 2.75) is 64.5 Å². The summed E-state index contributed by atoms with van der Waals surface area (Å²) in [6, 6.07) is -0.205. The topological polar surface area (TPSA) is 78.9 Å². The van der Waals surface area contributed by atoms with Gasteiger partial charge in [-0.1, -0.05) is 25.7 Å². The quantitative estimate of drug-likeness (QED) is 0.818. The van der Waals surface area contributed by atoms with Crippen LogP contribution >= 0.6 is 0 Å². The monoisotopic (exact) mass is 300 g/mol. The van der Waals surface area contributed by atoms with Crippen molar-refractivity contribution >= 4 is 12.2 Å². The molecule has 0 saturated heterocycles. The van der Waals surface area contributed by atoms with Crippen LogP contribution in [0, 0.1) is 5.92 Å². The fourth-order valence-electron chi connectivity index (χ4n) is 2.71. The van der Waals surface area contributed by atoms with Crippen molar-refractivity contribution in [3.8, 4) is 0 Å². The van der Waals surface area contributed by atoms with Crippen molar-refractivity contribution in [2.75, 3.05) is 13.6 Å². The van der Waals surface area contributed by atoms with Gasteiger partial charge in [-0.3, -0.25) is 0 Å². The Morgan fingerprint density at radius 2 is 1.90 bits per heavy atom. The van der Waals surface area contributed by atoms with Crippen LogP contribution in [0.2, 0.25) is 0 Å². The minimum Gasteiger partial charge on any atom is -0.465 e. The van der Waals surface area contributed by atoms with Crippen molar-refractivity contribution in [1.82, 2.24) is 10.2 Å². The second kappa shape index (κ2) is 7.52. The number of hydrogen-bond acceptors (Lipinski definition) is 3. The average Bonchev–Trinajstić information content (AvgIpc) is 2.78. The predicted octanol–water partition coefficient (Wildman–Crippen LogP) is 3.07. The first kappa shape index (κ1) is 17.6. The van der Waals surface area contributed by atoms with E-state index < -0.39 is 17.8 Å². The van der Waals surface area contributed by atoms with Gasteiger partial charge in [-0.15, -0.1) is 0 Å². The van der Waals surface area contributed by atoms with Crippen LogP contribution in [-0.4, -0.2) is 47.4 Å². The van der Waals surface area contributed by atoms with Crippen LogP contribution in [0.1, 0.15) is 52.9 Å². The lowest BCUT2D eigenvalue weighted by molar-refractivity contribution is 0.0484.